The summed E-state index contributed by atoms with van der Waals surface area (Å²) in [7, 11) is -6.47. The van der Waals surface area contributed by atoms with E-state index < -0.39 is 20.0 Å². The molecule has 0 radical (unpaired) electrons. The summed E-state index contributed by atoms with van der Waals surface area (Å²) >= 11 is 0. The maximum atomic E-state index is 12.0. The molecule has 1 aromatic heterocycles. The average Bonchev–Trinajstić information content (AvgIpc) is 2.78. The Labute approximate surface area is 190 Å². The summed E-state index contributed by atoms with van der Waals surface area (Å²) in [4.78, 5) is -0.171. The monoisotopic (exact) mass is 485 g/mol. The Morgan fingerprint density at radius 2 is 1.48 bits per heavy atom. The van der Waals surface area contributed by atoms with Crippen LogP contribution < -0.4 is 20.3 Å². The number of aromatic nitrogens is 2. The predicted octanol–water partition coefficient (Wildman–Crippen LogP) is 2.34. The molecule has 12 heteroatoms. The summed E-state index contributed by atoms with van der Waals surface area (Å²) in [6, 6.07) is 17.8. The topological polar surface area (TPSA) is 167 Å². The Morgan fingerprint density at radius 3 is 2.09 bits per heavy atom. The second-order valence-electron chi connectivity index (χ2n) is 7.05. The van der Waals surface area contributed by atoms with Crippen molar-refractivity contribution < 1.29 is 21.6 Å². The van der Waals surface area contributed by atoms with Crippen molar-refractivity contribution in [2.75, 3.05) is 12.4 Å². The van der Waals surface area contributed by atoms with Crippen LogP contribution in [0.5, 0.6) is 5.75 Å². The van der Waals surface area contributed by atoms with Gasteiger partial charge in [-0.1, -0.05) is 24.3 Å². The standard InChI is InChI=1S/C21H19N5O5S2/c1-31-18-11-6-13(12-19(18)33(23,29)30)20-16-4-2-3-5-17(16)21(26-25-20)24-14-7-9-15(10-8-14)32(22,27)28/h2-12H,1H3,(H,24,26)(H2,22,27,28)(H2,23,29,30). The number of hydrogen-bond donors (Lipinski definition) is 3. The van der Waals surface area contributed by atoms with Gasteiger partial charge in [0.25, 0.3) is 0 Å². The first-order valence-corrected chi connectivity index (χ1v) is 12.5. The van der Waals surface area contributed by atoms with Crippen LogP contribution in [0.25, 0.3) is 22.0 Å². The zero-order chi connectivity index (χ0) is 23.8. The van der Waals surface area contributed by atoms with Crippen molar-refractivity contribution in [2.45, 2.75) is 9.79 Å². The van der Waals surface area contributed by atoms with Crippen molar-refractivity contribution >= 4 is 42.3 Å². The molecule has 10 nitrogen and oxygen atoms in total. The van der Waals surface area contributed by atoms with Gasteiger partial charge in [-0.3, -0.25) is 0 Å². The molecule has 0 spiro atoms. The Kier molecular flexibility index (Phi) is 5.76. The summed E-state index contributed by atoms with van der Waals surface area (Å²) in [6.45, 7) is 0. The SMILES string of the molecule is COc1ccc(-c2nnc(Nc3ccc(S(N)(=O)=O)cc3)c3ccccc23)cc1S(N)(=O)=O. The molecule has 0 aliphatic heterocycles. The van der Waals surface area contributed by atoms with E-state index in [1.807, 2.05) is 24.3 Å². The molecule has 0 amide bonds. The normalized spacial score (nSPS) is 12.0. The van der Waals surface area contributed by atoms with E-state index in [1.165, 1.54) is 31.4 Å². The minimum absolute atomic E-state index is 0.00972. The van der Waals surface area contributed by atoms with Gasteiger partial charge in [-0.2, -0.15) is 0 Å². The van der Waals surface area contributed by atoms with Crippen LogP contribution in [-0.4, -0.2) is 34.1 Å². The highest BCUT2D eigenvalue weighted by Gasteiger charge is 2.18. The average molecular weight is 486 g/mol. The number of hydrogen-bond acceptors (Lipinski definition) is 8. The van der Waals surface area contributed by atoms with E-state index in [2.05, 4.69) is 15.5 Å². The third-order valence-corrected chi connectivity index (χ3v) is 6.74. The van der Waals surface area contributed by atoms with E-state index in [-0.39, 0.29) is 15.5 Å². The van der Waals surface area contributed by atoms with Crippen molar-refractivity contribution in [1.29, 1.82) is 0 Å². The van der Waals surface area contributed by atoms with Crippen LogP contribution in [0.3, 0.4) is 0 Å². The van der Waals surface area contributed by atoms with Crippen LogP contribution >= 0.6 is 0 Å². The highest BCUT2D eigenvalue weighted by atomic mass is 32.2. The van der Waals surface area contributed by atoms with Crippen LogP contribution in [0, 0.1) is 0 Å². The van der Waals surface area contributed by atoms with Gasteiger partial charge in [-0.25, -0.2) is 27.1 Å². The molecule has 4 rings (SSSR count). The van der Waals surface area contributed by atoms with Crippen molar-refractivity contribution in [1.82, 2.24) is 10.2 Å². The maximum absolute atomic E-state index is 12.0. The number of rotatable bonds is 6. The molecule has 1 heterocycles. The quantitative estimate of drug-likeness (QED) is 0.374. The molecule has 0 unspecified atom stereocenters. The molecular formula is C21H19N5O5S2. The van der Waals surface area contributed by atoms with E-state index in [0.717, 1.165) is 0 Å². The third kappa shape index (κ3) is 4.64. The summed E-state index contributed by atoms with van der Waals surface area (Å²) in [5.74, 6) is 0.553. The lowest BCUT2D eigenvalue weighted by molar-refractivity contribution is 0.403. The van der Waals surface area contributed by atoms with Gasteiger partial charge in [0.05, 0.1) is 12.0 Å². The second kappa shape index (κ2) is 8.41. The summed E-state index contributed by atoms with van der Waals surface area (Å²) in [6.07, 6.45) is 0. The second-order valence-corrected chi connectivity index (χ2v) is 10.1. The van der Waals surface area contributed by atoms with E-state index in [4.69, 9.17) is 15.0 Å². The molecule has 0 saturated heterocycles. The number of nitrogens with one attached hydrogen (secondary N) is 1. The van der Waals surface area contributed by atoms with Crippen LogP contribution in [0.4, 0.5) is 11.5 Å². The van der Waals surface area contributed by atoms with E-state index in [9.17, 15) is 16.8 Å². The number of fused-ring (bicyclic) bond motifs is 1. The number of benzene rings is 3. The molecule has 3 aromatic carbocycles. The number of primary sulfonamides is 2. The van der Waals surface area contributed by atoms with Gasteiger partial charge in [0.2, 0.25) is 20.0 Å². The minimum Gasteiger partial charge on any atom is -0.495 e. The molecule has 5 N–H and O–H groups in total. The fraction of sp³-hybridized carbons (Fsp3) is 0.0476. The van der Waals surface area contributed by atoms with Gasteiger partial charge in [-0.05, 0) is 42.5 Å². The van der Waals surface area contributed by atoms with Crippen LogP contribution in [0.1, 0.15) is 0 Å². The Hall–Kier alpha value is -3.58. The molecule has 0 aliphatic rings. The number of sulfonamides is 2. The highest BCUT2D eigenvalue weighted by molar-refractivity contribution is 7.89. The zero-order valence-corrected chi connectivity index (χ0v) is 18.9. The van der Waals surface area contributed by atoms with Crippen molar-refractivity contribution in [3.63, 3.8) is 0 Å². The number of anilines is 2. The smallest absolute Gasteiger partial charge is 0.241 e. The molecule has 0 aliphatic carbocycles. The number of nitrogens with two attached hydrogens (primary N) is 2. The minimum atomic E-state index is -4.03. The molecule has 170 valence electrons. The van der Waals surface area contributed by atoms with E-state index >= 15 is 0 Å². The third-order valence-electron chi connectivity index (χ3n) is 4.88. The van der Waals surface area contributed by atoms with Gasteiger partial charge in [0.1, 0.15) is 16.3 Å². The first kappa shape index (κ1) is 22.6. The highest BCUT2D eigenvalue weighted by Crippen LogP contribution is 2.34. The van der Waals surface area contributed by atoms with Crippen LogP contribution in [0.2, 0.25) is 0 Å². The Bertz CT molecular complexity index is 1570. The fourth-order valence-corrected chi connectivity index (χ4v) is 4.56. The maximum Gasteiger partial charge on any atom is 0.241 e. The lowest BCUT2D eigenvalue weighted by Crippen LogP contribution is -2.13. The molecule has 0 saturated carbocycles. The van der Waals surface area contributed by atoms with Crippen molar-refractivity contribution in [3.8, 4) is 17.0 Å². The Morgan fingerprint density at radius 1 is 0.818 bits per heavy atom. The number of methoxy groups -OCH3 is 1. The van der Waals surface area contributed by atoms with Crippen LogP contribution in [-0.2, 0) is 20.0 Å². The first-order valence-electron chi connectivity index (χ1n) is 9.44. The van der Waals surface area contributed by atoms with Crippen LogP contribution in [0.15, 0.2) is 76.5 Å². The summed E-state index contributed by atoms with van der Waals surface area (Å²) in [5, 5.41) is 23.6. The van der Waals surface area contributed by atoms with Gasteiger partial charge in [0.15, 0.2) is 5.82 Å². The number of nitrogens with zero attached hydrogens (tertiary/aromatic N) is 2. The van der Waals surface area contributed by atoms with Gasteiger partial charge >= 0.3 is 0 Å². The number of ether oxygens (including phenoxy) is 1. The van der Waals surface area contributed by atoms with Crippen molar-refractivity contribution in [3.05, 3.63) is 66.7 Å². The fourth-order valence-electron chi connectivity index (χ4n) is 3.32. The zero-order valence-electron chi connectivity index (χ0n) is 17.3. The molecular weight excluding hydrogens is 466 g/mol. The summed E-state index contributed by atoms with van der Waals surface area (Å²) in [5.41, 5.74) is 1.52. The lowest BCUT2D eigenvalue weighted by atomic mass is 10.0. The lowest BCUT2D eigenvalue weighted by Gasteiger charge is -2.13. The molecule has 33 heavy (non-hydrogen) atoms. The van der Waals surface area contributed by atoms with Gasteiger partial charge < -0.3 is 10.1 Å². The first-order chi connectivity index (χ1) is 15.6. The summed E-state index contributed by atoms with van der Waals surface area (Å²) < 4.78 is 52.0. The van der Waals surface area contributed by atoms with E-state index in [1.54, 1.807) is 18.2 Å². The van der Waals surface area contributed by atoms with E-state index in [0.29, 0.717) is 33.5 Å². The van der Waals surface area contributed by atoms with Crippen molar-refractivity contribution in [2.24, 2.45) is 10.3 Å². The van der Waals surface area contributed by atoms with Gasteiger partial charge in [0, 0.05) is 22.0 Å². The molecule has 0 fully saturated rings. The molecule has 4 aromatic rings. The largest absolute Gasteiger partial charge is 0.495 e. The predicted molar refractivity (Wildman–Crippen MR) is 124 cm³/mol. The van der Waals surface area contributed by atoms with Gasteiger partial charge in [-0.15, -0.1) is 10.2 Å². The molecule has 0 bridgehead atoms. The Balaban J connectivity index is 1.80. The molecule has 0 atom stereocenters.